The van der Waals surface area contributed by atoms with Gasteiger partial charge >= 0.3 is 0 Å². The summed E-state index contributed by atoms with van der Waals surface area (Å²) in [6.45, 7) is 4.41. The van der Waals surface area contributed by atoms with Crippen molar-refractivity contribution in [1.29, 1.82) is 0 Å². The first kappa shape index (κ1) is 16.8. The molecule has 0 saturated heterocycles. The lowest BCUT2D eigenvalue weighted by molar-refractivity contribution is 0.156. The van der Waals surface area contributed by atoms with Crippen molar-refractivity contribution in [2.45, 2.75) is 51.4 Å². The highest BCUT2D eigenvalue weighted by Gasteiger charge is 2.28. The van der Waals surface area contributed by atoms with Gasteiger partial charge in [0.1, 0.15) is 0 Å². The van der Waals surface area contributed by atoms with Gasteiger partial charge in [-0.1, -0.05) is 26.7 Å². The molecule has 0 aromatic heterocycles. The first-order valence-corrected chi connectivity index (χ1v) is 7.45. The van der Waals surface area contributed by atoms with Gasteiger partial charge in [0.25, 0.3) is 10.1 Å². The minimum Gasteiger partial charge on any atom is -0.375 e. The lowest BCUT2D eigenvalue weighted by Crippen LogP contribution is -2.26. The van der Waals surface area contributed by atoms with Gasteiger partial charge in [-0.3, -0.25) is 4.55 Å². The number of rotatable bonds is 4. The maximum atomic E-state index is 10.7. The summed E-state index contributed by atoms with van der Waals surface area (Å²) < 4.78 is 30.0. The third-order valence-corrected chi connectivity index (χ3v) is 4.59. The fourth-order valence-electron chi connectivity index (χ4n) is 2.50. The van der Waals surface area contributed by atoms with Crippen molar-refractivity contribution < 1.29 is 18.1 Å². The molecular weight excluding hydrogens is 242 g/mol. The van der Waals surface area contributed by atoms with E-state index in [2.05, 4.69) is 13.8 Å². The van der Waals surface area contributed by atoms with Gasteiger partial charge in [0.2, 0.25) is 0 Å². The van der Waals surface area contributed by atoms with Gasteiger partial charge in [-0.15, -0.1) is 0 Å². The molecule has 6 heteroatoms. The second kappa shape index (κ2) is 6.68. The van der Waals surface area contributed by atoms with E-state index in [1.54, 1.807) is 0 Å². The molecular formula is C11H25NO4S. The van der Waals surface area contributed by atoms with Gasteiger partial charge in [-0.05, 0) is 37.0 Å². The van der Waals surface area contributed by atoms with Gasteiger partial charge in [0, 0.05) is 0 Å². The second-order valence-corrected chi connectivity index (χ2v) is 6.80. The summed E-state index contributed by atoms with van der Waals surface area (Å²) in [6, 6.07) is 0. The van der Waals surface area contributed by atoms with Gasteiger partial charge in [-0.2, -0.15) is 8.42 Å². The Hall–Kier alpha value is -0.170. The first-order chi connectivity index (χ1) is 7.30. The van der Waals surface area contributed by atoms with Crippen LogP contribution in [0.2, 0.25) is 0 Å². The molecule has 1 unspecified atom stereocenters. The van der Waals surface area contributed by atoms with Gasteiger partial charge < -0.3 is 11.3 Å². The lowest BCUT2D eigenvalue weighted by Gasteiger charge is -2.31. The van der Waals surface area contributed by atoms with Crippen molar-refractivity contribution in [3.63, 3.8) is 0 Å². The molecule has 0 spiro atoms. The zero-order valence-corrected chi connectivity index (χ0v) is 11.5. The minimum atomic E-state index is -4.28. The zero-order valence-electron chi connectivity index (χ0n) is 10.7. The molecule has 0 amide bonds. The van der Waals surface area contributed by atoms with Crippen LogP contribution in [0.5, 0.6) is 0 Å². The van der Waals surface area contributed by atoms with E-state index in [1.165, 1.54) is 0 Å². The molecule has 1 rings (SSSR count). The average Bonchev–Trinajstić information content (AvgIpc) is 2.17. The normalized spacial score (nSPS) is 27.6. The van der Waals surface area contributed by atoms with Gasteiger partial charge in [0.15, 0.2) is 5.44 Å². The zero-order chi connectivity index (χ0) is 12.3. The smallest absolute Gasteiger partial charge is 0.291 e. The highest BCUT2D eigenvalue weighted by atomic mass is 32.2. The molecule has 5 nitrogen and oxygen atoms in total. The Labute approximate surface area is 104 Å². The number of hydrogen-bond acceptors (Lipinski definition) is 4. The van der Waals surface area contributed by atoms with E-state index in [-0.39, 0.29) is 18.5 Å². The SMILES string of the molecule is CC(C)C1CCC(CC(O)S(=O)(=O)O)CC1.N. The molecule has 0 aromatic rings. The highest BCUT2D eigenvalue weighted by Crippen LogP contribution is 2.35. The monoisotopic (exact) mass is 267 g/mol. The van der Waals surface area contributed by atoms with Crippen LogP contribution in [0.25, 0.3) is 0 Å². The predicted molar refractivity (Wildman–Crippen MR) is 67.5 cm³/mol. The summed E-state index contributed by atoms with van der Waals surface area (Å²) in [5.41, 5.74) is -1.60. The second-order valence-electron chi connectivity index (χ2n) is 5.23. The van der Waals surface area contributed by atoms with Crippen LogP contribution in [-0.2, 0) is 10.1 Å². The Morgan fingerprint density at radius 3 is 2.00 bits per heavy atom. The summed E-state index contributed by atoms with van der Waals surface area (Å²) >= 11 is 0. The van der Waals surface area contributed by atoms with E-state index in [0.29, 0.717) is 5.92 Å². The maximum Gasteiger partial charge on any atom is 0.291 e. The summed E-state index contributed by atoms with van der Waals surface area (Å²) in [4.78, 5) is 0. The average molecular weight is 267 g/mol. The van der Waals surface area contributed by atoms with Crippen LogP contribution in [0.4, 0.5) is 0 Å². The molecule has 0 heterocycles. The van der Waals surface area contributed by atoms with E-state index in [4.69, 9.17) is 4.55 Å². The van der Waals surface area contributed by atoms with E-state index < -0.39 is 15.6 Å². The molecule has 1 saturated carbocycles. The van der Waals surface area contributed by atoms with Crippen molar-refractivity contribution in [3.8, 4) is 0 Å². The summed E-state index contributed by atoms with van der Waals surface area (Å²) in [5.74, 6) is 1.62. The molecule has 0 bridgehead atoms. The predicted octanol–water partition coefficient (Wildman–Crippen LogP) is 2.21. The van der Waals surface area contributed by atoms with E-state index in [0.717, 1.165) is 31.6 Å². The Bertz CT molecular complexity index is 307. The third kappa shape index (κ3) is 5.33. The van der Waals surface area contributed by atoms with E-state index in [9.17, 15) is 13.5 Å². The van der Waals surface area contributed by atoms with E-state index >= 15 is 0 Å². The van der Waals surface area contributed by atoms with Crippen LogP contribution < -0.4 is 6.15 Å². The fraction of sp³-hybridized carbons (Fsp3) is 1.00. The van der Waals surface area contributed by atoms with Gasteiger partial charge in [0.05, 0.1) is 0 Å². The standard InChI is InChI=1S/C11H22O4S.H3N/c1-8(2)10-5-3-9(4-6-10)7-11(12)16(13,14)15;/h8-12H,3-7H2,1-2H3,(H,13,14,15);1H3. The molecule has 1 fully saturated rings. The summed E-state index contributed by atoms with van der Waals surface area (Å²) in [5, 5.41) is 9.28. The maximum absolute atomic E-state index is 10.7. The molecule has 0 aromatic carbocycles. The molecule has 0 aliphatic heterocycles. The van der Waals surface area contributed by atoms with Crippen LogP contribution in [0.15, 0.2) is 0 Å². The van der Waals surface area contributed by atoms with Crippen LogP contribution in [0.1, 0.15) is 46.0 Å². The van der Waals surface area contributed by atoms with Crippen molar-refractivity contribution in [3.05, 3.63) is 0 Å². The van der Waals surface area contributed by atoms with Gasteiger partial charge in [-0.25, -0.2) is 0 Å². The molecule has 0 radical (unpaired) electrons. The summed E-state index contributed by atoms with van der Waals surface area (Å²) in [7, 11) is -4.28. The highest BCUT2D eigenvalue weighted by molar-refractivity contribution is 7.86. The van der Waals surface area contributed by atoms with Crippen molar-refractivity contribution in [1.82, 2.24) is 6.15 Å². The fourth-order valence-corrected chi connectivity index (χ4v) is 3.01. The Kier molecular flexibility index (Phi) is 6.61. The van der Waals surface area contributed by atoms with Crippen LogP contribution in [0.3, 0.4) is 0 Å². The van der Waals surface area contributed by atoms with Crippen LogP contribution in [0, 0.1) is 17.8 Å². The Balaban J connectivity index is 0.00000256. The lowest BCUT2D eigenvalue weighted by atomic mass is 9.76. The summed E-state index contributed by atoms with van der Waals surface area (Å²) in [6.07, 6.45) is 4.27. The van der Waals surface area contributed by atoms with E-state index in [1.807, 2.05) is 0 Å². The molecule has 1 atom stereocenters. The Morgan fingerprint density at radius 2 is 1.65 bits per heavy atom. The quantitative estimate of drug-likeness (QED) is 0.676. The van der Waals surface area contributed by atoms with Crippen molar-refractivity contribution in [2.75, 3.05) is 0 Å². The molecule has 17 heavy (non-hydrogen) atoms. The van der Waals surface area contributed by atoms with Crippen LogP contribution >= 0.6 is 0 Å². The van der Waals surface area contributed by atoms with Crippen molar-refractivity contribution >= 4 is 10.1 Å². The topological polar surface area (TPSA) is 110 Å². The van der Waals surface area contributed by atoms with Crippen LogP contribution in [-0.4, -0.2) is 23.5 Å². The third-order valence-electron chi connectivity index (χ3n) is 3.71. The first-order valence-electron chi connectivity index (χ1n) is 5.95. The number of aliphatic hydroxyl groups is 1. The molecule has 5 N–H and O–H groups in total. The Morgan fingerprint density at radius 1 is 1.18 bits per heavy atom. The minimum absolute atomic E-state index is 0. The molecule has 1 aliphatic rings. The van der Waals surface area contributed by atoms with Crippen molar-refractivity contribution in [2.24, 2.45) is 17.8 Å². The molecule has 1 aliphatic carbocycles. The molecule has 104 valence electrons. The number of hydrogen-bond donors (Lipinski definition) is 3. The largest absolute Gasteiger partial charge is 0.375 e. The number of aliphatic hydroxyl groups excluding tert-OH is 1.